The van der Waals surface area contributed by atoms with Gasteiger partial charge >= 0.3 is 0 Å². The highest BCUT2D eigenvalue weighted by molar-refractivity contribution is 5.75. The molecule has 15 heavy (non-hydrogen) atoms. The third-order valence-corrected chi connectivity index (χ3v) is 2.58. The summed E-state index contributed by atoms with van der Waals surface area (Å²) < 4.78 is 0. The number of amides is 1. The molecule has 0 aromatic rings. The topological polar surface area (TPSA) is 61.4 Å². The summed E-state index contributed by atoms with van der Waals surface area (Å²) >= 11 is 0. The van der Waals surface area contributed by atoms with Crippen LogP contribution in [0.1, 0.15) is 32.6 Å². The molecule has 0 rings (SSSR count). The Morgan fingerprint density at radius 1 is 1.47 bits per heavy atom. The highest BCUT2D eigenvalue weighted by Gasteiger charge is 2.04. The highest BCUT2D eigenvalue weighted by Crippen LogP contribution is 2.05. The van der Waals surface area contributed by atoms with E-state index >= 15 is 0 Å². The maximum absolute atomic E-state index is 10.9. The van der Waals surface area contributed by atoms with Crippen LogP contribution >= 0.6 is 0 Å². The van der Waals surface area contributed by atoms with Crippen molar-refractivity contribution < 1.29 is 9.90 Å². The molecular weight excluding hydrogens is 192 g/mol. The van der Waals surface area contributed by atoms with Gasteiger partial charge in [0.15, 0.2) is 0 Å². The fraction of sp³-hybridized carbons (Fsp3) is 0.909. The molecule has 0 bridgehead atoms. The Hall–Kier alpha value is -0.610. The summed E-state index contributed by atoms with van der Waals surface area (Å²) in [4.78, 5) is 10.9. The van der Waals surface area contributed by atoms with Gasteiger partial charge in [-0.1, -0.05) is 13.3 Å². The molecule has 0 radical (unpaired) electrons. The van der Waals surface area contributed by atoms with Crippen LogP contribution in [0.5, 0.6) is 0 Å². The number of rotatable bonds is 9. The van der Waals surface area contributed by atoms with E-state index < -0.39 is 0 Å². The van der Waals surface area contributed by atoms with Crippen LogP contribution in [-0.2, 0) is 4.79 Å². The molecule has 0 spiro atoms. The maximum atomic E-state index is 10.9. The van der Waals surface area contributed by atoms with Crippen LogP contribution in [0.3, 0.4) is 0 Å². The molecule has 0 aliphatic heterocycles. The highest BCUT2D eigenvalue weighted by atomic mass is 16.3. The van der Waals surface area contributed by atoms with Crippen molar-refractivity contribution in [3.63, 3.8) is 0 Å². The first-order chi connectivity index (χ1) is 7.24. The molecule has 4 nitrogen and oxygen atoms in total. The van der Waals surface area contributed by atoms with E-state index in [0.717, 1.165) is 32.4 Å². The average Bonchev–Trinajstić information content (AvgIpc) is 2.26. The summed E-state index contributed by atoms with van der Waals surface area (Å²) in [5.74, 6) is 0.647. The van der Waals surface area contributed by atoms with Crippen molar-refractivity contribution in [2.24, 2.45) is 5.92 Å². The lowest BCUT2D eigenvalue weighted by molar-refractivity contribution is -0.120. The molecule has 0 aromatic heterocycles. The zero-order chi connectivity index (χ0) is 11.5. The van der Waals surface area contributed by atoms with E-state index in [9.17, 15) is 4.79 Å². The predicted molar refractivity (Wildman–Crippen MR) is 61.7 cm³/mol. The molecule has 1 unspecified atom stereocenters. The molecule has 1 atom stereocenters. The summed E-state index contributed by atoms with van der Waals surface area (Å²) in [6.45, 7) is 4.20. The Bertz CT molecular complexity index is 163. The van der Waals surface area contributed by atoms with Crippen molar-refractivity contribution in [2.45, 2.75) is 32.6 Å². The lowest BCUT2D eigenvalue weighted by atomic mass is 10.0. The average molecular weight is 216 g/mol. The number of nitrogens with one attached hydrogen (secondary N) is 2. The van der Waals surface area contributed by atoms with E-state index in [1.54, 1.807) is 7.05 Å². The Morgan fingerprint density at radius 3 is 2.73 bits per heavy atom. The Balaban J connectivity index is 3.32. The number of hydrogen-bond donors (Lipinski definition) is 3. The summed E-state index contributed by atoms with van der Waals surface area (Å²) in [6, 6.07) is 0. The van der Waals surface area contributed by atoms with Gasteiger partial charge in [-0.05, 0) is 31.8 Å². The maximum Gasteiger partial charge on any atom is 0.219 e. The van der Waals surface area contributed by atoms with Crippen molar-refractivity contribution in [1.29, 1.82) is 0 Å². The second-order valence-corrected chi connectivity index (χ2v) is 3.77. The van der Waals surface area contributed by atoms with Crippen LogP contribution in [0.25, 0.3) is 0 Å². The third-order valence-electron chi connectivity index (χ3n) is 2.58. The Labute approximate surface area is 92.4 Å². The second kappa shape index (κ2) is 9.93. The Kier molecular flexibility index (Phi) is 9.52. The monoisotopic (exact) mass is 216 g/mol. The summed E-state index contributed by atoms with van der Waals surface area (Å²) in [6.07, 6.45) is 3.40. The lowest BCUT2D eigenvalue weighted by Gasteiger charge is -2.13. The normalized spacial score (nSPS) is 12.5. The minimum atomic E-state index is 0.0965. The van der Waals surface area contributed by atoms with E-state index in [2.05, 4.69) is 17.6 Å². The van der Waals surface area contributed by atoms with Gasteiger partial charge in [0.2, 0.25) is 5.91 Å². The molecular formula is C11H24N2O2. The van der Waals surface area contributed by atoms with Gasteiger partial charge in [-0.15, -0.1) is 0 Å². The minimum absolute atomic E-state index is 0.0965. The lowest BCUT2D eigenvalue weighted by Crippen LogP contribution is -2.25. The van der Waals surface area contributed by atoms with Crippen LogP contribution in [0.15, 0.2) is 0 Å². The molecule has 0 fully saturated rings. The van der Waals surface area contributed by atoms with Crippen LogP contribution in [0.4, 0.5) is 0 Å². The molecule has 0 aliphatic rings. The molecule has 90 valence electrons. The molecule has 4 heteroatoms. The molecule has 0 saturated heterocycles. The fourth-order valence-electron chi connectivity index (χ4n) is 1.44. The first-order valence-electron chi connectivity index (χ1n) is 5.76. The van der Waals surface area contributed by atoms with Gasteiger partial charge in [-0.25, -0.2) is 0 Å². The van der Waals surface area contributed by atoms with Gasteiger partial charge in [0, 0.05) is 20.1 Å². The van der Waals surface area contributed by atoms with Crippen molar-refractivity contribution >= 4 is 5.91 Å². The summed E-state index contributed by atoms with van der Waals surface area (Å²) in [7, 11) is 1.66. The molecule has 0 aliphatic carbocycles. The smallest absolute Gasteiger partial charge is 0.219 e. The van der Waals surface area contributed by atoms with Gasteiger partial charge in [-0.3, -0.25) is 4.79 Å². The quantitative estimate of drug-likeness (QED) is 0.492. The second-order valence-electron chi connectivity index (χ2n) is 3.77. The van der Waals surface area contributed by atoms with E-state index in [-0.39, 0.29) is 12.5 Å². The van der Waals surface area contributed by atoms with E-state index in [1.165, 1.54) is 0 Å². The minimum Gasteiger partial charge on any atom is -0.396 e. The van der Waals surface area contributed by atoms with Crippen LogP contribution < -0.4 is 10.6 Å². The number of carbonyl (C=O) groups is 1. The van der Waals surface area contributed by atoms with Crippen molar-refractivity contribution in [3.8, 4) is 0 Å². The van der Waals surface area contributed by atoms with Crippen molar-refractivity contribution in [2.75, 3.05) is 26.7 Å². The van der Waals surface area contributed by atoms with Crippen molar-refractivity contribution in [1.82, 2.24) is 10.6 Å². The molecule has 3 N–H and O–H groups in total. The summed E-state index contributed by atoms with van der Waals surface area (Å²) in [5, 5.41) is 14.7. The Morgan fingerprint density at radius 2 is 2.20 bits per heavy atom. The first kappa shape index (κ1) is 14.4. The van der Waals surface area contributed by atoms with Gasteiger partial charge < -0.3 is 15.7 Å². The zero-order valence-corrected chi connectivity index (χ0v) is 9.88. The standard InChI is InChI=1S/C11H24N2O2/c1-3-10(6-8-14)9-13-7-4-5-11(15)12-2/h10,13-14H,3-9H2,1-2H3,(H,12,15). The fourth-order valence-corrected chi connectivity index (χ4v) is 1.44. The van der Waals surface area contributed by atoms with E-state index in [1.807, 2.05) is 0 Å². The van der Waals surface area contributed by atoms with Crippen LogP contribution in [0.2, 0.25) is 0 Å². The molecule has 1 amide bonds. The third kappa shape index (κ3) is 8.39. The number of aliphatic hydroxyl groups excluding tert-OH is 1. The van der Waals surface area contributed by atoms with Gasteiger partial charge in [0.25, 0.3) is 0 Å². The number of aliphatic hydroxyl groups is 1. The summed E-state index contributed by atoms with van der Waals surface area (Å²) in [5.41, 5.74) is 0. The number of carbonyl (C=O) groups excluding carboxylic acids is 1. The van der Waals surface area contributed by atoms with Gasteiger partial charge in [0.1, 0.15) is 0 Å². The largest absolute Gasteiger partial charge is 0.396 e. The van der Waals surface area contributed by atoms with Gasteiger partial charge in [0.05, 0.1) is 0 Å². The predicted octanol–water partition coefficient (Wildman–Crippen LogP) is 0.511. The van der Waals surface area contributed by atoms with Crippen molar-refractivity contribution in [3.05, 3.63) is 0 Å². The molecule has 0 aromatic carbocycles. The molecule has 0 saturated carbocycles. The first-order valence-corrected chi connectivity index (χ1v) is 5.76. The number of hydrogen-bond acceptors (Lipinski definition) is 3. The zero-order valence-electron chi connectivity index (χ0n) is 9.88. The molecule has 0 heterocycles. The van der Waals surface area contributed by atoms with Gasteiger partial charge in [-0.2, -0.15) is 0 Å². The SMILES string of the molecule is CCC(CCO)CNCCCC(=O)NC. The van der Waals surface area contributed by atoms with E-state index in [0.29, 0.717) is 12.3 Å². The van der Waals surface area contributed by atoms with E-state index in [4.69, 9.17) is 5.11 Å². The van der Waals surface area contributed by atoms with Crippen LogP contribution in [0, 0.1) is 5.92 Å². The van der Waals surface area contributed by atoms with Crippen LogP contribution in [-0.4, -0.2) is 37.8 Å².